The summed E-state index contributed by atoms with van der Waals surface area (Å²) in [6.45, 7) is 1.92. The van der Waals surface area contributed by atoms with Crippen molar-refractivity contribution < 1.29 is 28.7 Å². The van der Waals surface area contributed by atoms with Crippen LogP contribution >= 0.6 is 0 Å². The van der Waals surface area contributed by atoms with Crippen LogP contribution in [0.5, 0.6) is 5.75 Å². The Bertz CT molecular complexity index is 1020. The molecule has 8 nitrogen and oxygen atoms in total. The average molecular weight is 410 g/mol. The molecule has 0 fully saturated rings. The largest absolute Gasteiger partial charge is 0.496 e. The highest BCUT2D eigenvalue weighted by molar-refractivity contribution is 6.21. The van der Waals surface area contributed by atoms with Crippen LogP contribution in [-0.4, -0.2) is 49.4 Å². The Morgan fingerprint density at radius 1 is 1.07 bits per heavy atom. The van der Waals surface area contributed by atoms with E-state index in [4.69, 9.17) is 9.47 Å². The van der Waals surface area contributed by atoms with Gasteiger partial charge in [0, 0.05) is 18.2 Å². The van der Waals surface area contributed by atoms with Gasteiger partial charge in [-0.2, -0.15) is 0 Å². The second-order valence-electron chi connectivity index (χ2n) is 6.71. The van der Waals surface area contributed by atoms with Crippen LogP contribution in [0.2, 0.25) is 0 Å². The number of hydrogen-bond donors (Lipinski definition) is 1. The second kappa shape index (κ2) is 8.77. The number of para-hydroxylation sites is 1. The lowest BCUT2D eigenvalue weighted by Crippen LogP contribution is -2.31. The van der Waals surface area contributed by atoms with E-state index in [9.17, 15) is 19.2 Å². The van der Waals surface area contributed by atoms with E-state index >= 15 is 0 Å². The third kappa shape index (κ3) is 4.03. The zero-order valence-electron chi connectivity index (χ0n) is 16.9. The van der Waals surface area contributed by atoms with Crippen molar-refractivity contribution in [2.24, 2.45) is 0 Å². The van der Waals surface area contributed by atoms with Gasteiger partial charge in [-0.1, -0.05) is 18.2 Å². The third-order valence-electron chi connectivity index (χ3n) is 4.85. The van der Waals surface area contributed by atoms with Crippen LogP contribution in [0.4, 0.5) is 0 Å². The summed E-state index contributed by atoms with van der Waals surface area (Å²) in [6, 6.07) is 10.7. The van der Waals surface area contributed by atoms with Gasteiger partial charge in [0.25, 0.3) is 17.7 Å². The minimum absolute atomic E-state index is 0.0922. The highest BCUT2D eigenvalue weighted by Gasteiger charge is 2.33. The molecule has 30 heavy (non-hydrogen) atoms. The van der Waals surface area contributed by atoms with Crippen LogP contribution in [0.15, 0.2) is 42.5 Å². The number of esters is 1. The SMILES string of the molecule is CCOC(=O)C[C@H](NC(=O)c1ccc2c(c1)C(=O)N(C)C2=O)c1ccccc1OC. The quantitative estimate of drug-likeness (QED) is 0.555. The Morgan fingerprint density at radius 2 is 1.77 bits per heavy atom. The molecule has 0 aromatic heterocycles. The zero-order valence-corrected chi connectivity index (χ0v) is 16.9. The number of carbonyl (C=O) groups is 4. The number of methoxy groups -OCH3 is 1. The van der Waals surface area contributed by atoms with Gasteiger partial charge in [0.2, 0.25) is 0 Å². The summed E-state index contributed by atoms with van der Waals surface area (Å²) >= 11 is 0. The second-order valence-corrected chi connectivity index (χ2v) is 6.71. The molecule has 0 saturated carbocycles. The molecule has 156 valence electrons. The summed E-state index contributed by atoms with van der Waals surface area (Å²) in [5, 5.41) is 2.81. The molecule has 8 heteroatoms. The van der Waals surface area contributed by atoms with Crippen molar-refractivity contribution in [2.75, 3.05) is 20.8 Å². The van der Waals surface area contributed by atoms with Crippen molar-refractivity contribution in [3.05, 3.63) is 64.7 Å². The first-order valence-corrected chi connectivity index (χ1v) is 9.43. The number of ether oxygens (including phenoxy) is 2. The van der Waals surface area contributed by atoms with Gasteiger partial charge in [0.05, 0.1) is 37.3 Å². The maximum atomic E-state index is 12.9. The summed E-state index contributed by atoms with van der Waals surface area (Å²) in [7, 11) is 2.89. The van der Waals surface area contributed by atoms with Crippen molar-refractivity contribution in [3.8, 4) is 5.75 Å². The summed E-state index contributed by atoms with van der Waals surface area (Å²) in [5.41, 5.74) is 1.25. The minimum Gasteiger partial charge on any atom is -0.496 e. The van der Waals surface area contributed by atoms with E-state index in [1.165, 1.54) is 32.4 Å². The highest BCUT2D eigenvalue weighted by Crippen LogP contribution is 2.28. The predicted octanol–water partition coefficient (Wildman–Crippen LogP) is 2.35. The molecule has 1 N–H and O–H groups in total. The molecule has 0 radical (unpaired) electrons. The molecule has 3 rings (SSSR count). The number of benzene rings is 2. The number of carbonyl (C=O) groups excluding carboxylic acids is 4. The molecule has 0 aliphatic carbocycles. The van der Waals surface area contributed by atoms with Crippen molar-refractivity contribution >= 4 is 23.7 Å². The molecule has 2 aromatic rings. The molecule has 0 spiro atoms. The van der Waals surface area contributed by atoms with Crippen molar-refractivity contribution in [2.45, 2.75) is 19.4 Å². The first-order valence-electron chi connectivity index (χ1n) is 9.43. The van der Waals surface area contributed by atoms with Gasteiger partial charge < -0.3 is 14.8 Å². The third-order valence-corrected chi connectivity index (χ3v) is 4.85. The monoisotopic (exact) mass is 410 g/mol. The van der Waals surface area contributed by atoms with Crippen LogP contribution in [-0.2, 0) is 9.53 Å². The number of amides is 3. The normalized spacial score (nSPS) is 13.6. The van der Waals surface area contributed by atoms with Gasteiger partial charge in [0.15, 0.2) is 0 Å². The molecule has 0 bridgehead atoms. The van der Waals surface area contributed by atoms with Gasteiger partial charge in [0.1, 0.15) is 5.75 Å². The van der Waals surface area contributed by atoms with Gasteiger partial charge >= 0.3 is 5.97 Å². The molecular formula is C22H22N2O6. The Morgan fingerprint density at radius 3 is 2.47 bits per heavy atom. The maximum absolute atomic E-state index is 12.9. The topological polar surface area (TPSA) is 102 Å². The summed E-state index contributed by atoms with van der Waals surface area (Å²) in [5.74, 6) is -1.31. The van der Waals surface area contributed by atoms with E-state index in [0.717, 1.165) is 4.90 Å². The molecule has 1 atom stereocenters. The van der Waals surface area contributed by atoms with E-state index in [1.807, 2.05) is 0 Å². The lowest BCUT2D eigenvalue weighted by molar-refractivity contribution is -0.143. The molecule has 0 saturated heterocycles. The van der Waals surface area contributed by atoms with Gasteiger partial charge in [-0.3, -0.25) is 24.1 Å². The van der Waals surface area contributed by atoms with Crippen molar-refractivity contribution in [3.63, 3.8) is 0 Å². The smallest absolute Gasteiger partial charge is 0.308 e. The molecule has 2 aromatic carbocycles. The van der Waals surface area contributed by atoms with Crippen molar-refractivity contribution in [1.82, 2.24) is 10.2 Å². The summed E-state index contributed by atoms with van der Waals surface area (Å²) < 4.78 is 10.4. The Hall–Kier alpha value is -3.68. The molecule has 1 heterocycles. The van der Waals surface area contributed by atoms with Crippen LogP contribution < -0.4 is 10.1 Å². The lowest BCUT2D eigenvalue weighted by Gasteiger charge is -2.21. The van der Waals surface area contributed by atoms with Crippen LogP contribution in [0.1, 0.15) is 56.0 Å². The Kier molecular flexibility index (Phi) is 6.15. The lowest BCUT2D eigenvalue weighted by atomic mass is 10.0. The van der Waals surface area contributed by atoms with Crippen LogP contribution in [0.25, 0.3) is 0 Å². The molecule has 1 aliphatic rings. The average Bonchev–Trinajstić information content (AvgIpc) is 2.97. The minimum atomic E-state index is -0.707. The first kappa shape index (κ1) is 21.0. The van der Waals surface area contributed by atoms with Crippen LogP contribution in [0, 0.1) is 0 Å². The van der Waals surface area contributed by atoms with Crippen molar-refractivity contribution in [1.29, 1.82) is 0 Å². The van der Waals surface area contributed by atoms with Gasteiger partial charge in [-0.15, -0.1) is 0 Å². The number of fused-ring (bicyclic) bond motifs is 1. The maximum Gasteiger partial charge on any atom is 0.308 e. The van der Waals surface area contributed by atoms with Crippen LogP contribution in [0.3, 0.4) is 0 Å². The fourth-order valence-electron chi connectivity index (χ4n) is 3.32. The number of imide groups is 1. The Labute approximate surface area is 173 Å². The zero-order chi connectivity index (χ0) is 21.8. The van der Waals surface area contributed by atoms with Gasteiger partial charge in [-0.05, 0) is 31.2 Å². The number of hydrogen-bond acceptors (Lipinski definition) is 6. The summed E-state index contributed by atoms with van der Waals surface area (Å²) in [6.07, 6.45) is -0.0922. The first-order chi connectivity index (χ1) is 14.4. The van der Waals surface area contributed by atoms with E-state index < -0.39 is 29.7 Å². The van der Waals surface area contributed by atoms with E-state index in [2.05, 4.69) is 5.32 Å². The van der Waals surface area contributed by atoms with E-state index in [0.29, 0.717) is 11.3 Å². The molecule has 3 amide bonds. The fraction of sp³-hybridized carbons (Fsp3) is 0.273. The standard InChI is InChI=1S/C22H22N2O6/c1-4-30-19(25)12-17(15-7-5-6-8-18(15)29-3)23-20(26)13-9-10-14-16(11-13)22(28)24(2)21(14)27/h5-11,17H,4,12H2,1-3H3,(H,23,26)/t17-/m0/s1. The van der Waals surface area contributed by atoms with Gasteiger partial charge in [-0.25, -0.2) is 0 Å². The molecule has 0 unspecified atom stereocenters. The number of nitrogens with one attached hydrogen (secondary N) is 1. The summed E-state index contributed by atoms with van der Waals surface area (Å²) in [4.78, 5) is 50.3. The predicted molar refractivity (Wildman–Crippen MR) is 107 cm³/mol. The van der Waals surface area contributed by atoms with E-state index in [1.54, 1.807) is 31.2 Å². The fourth-order valence-corrected chi connectivity index (χ4v) is 3.32. The number of rotatable bonds is 7. The Balaban J connectivity index is 1.89. The molecule has 1 aliphatic heterocycles. The molecular weight excluding hydrogens is 388 g/mol. The number of nitrogens with zero attached hydrogens (tertiary/aromatic N) is 1. The highest BCUT2D eigenvalue weighted by atomic mass is 16.5. The van der Waals surface area contributed by atoms with E-state index in [-0.39, 0.29) is 29.7 Å².